The lowest BCUT2D eigenvalue weighted by atomic mass is 10.1. The fraction of sp³-hybridized carbons (Fsp3) is 0.182. The number of aryl methyl sites for hydroxylation is 2. The predicted octanol–water partition coefficient (Wildman–Crippen LogP) is 11.9. The van der Waals surface area contributed by atoms with Crippen LogP contribution in [0.25, 0.3) is 0 Å². The van der Waals surface area contributed by atoms with Crippen molar-refractivity contribution < 1.29 is 38.0 Å². The van der Waals surface area contributed by atoms with Crippen molar-refractivity contribution in [2.45, 2.75) is 38.5 Å². The highest BCUT2D eigenvalue weighted by Crippen LogP contribution is 2.78. The first-order valence-corrected chi connectivity index (χ1v) is 23.0. The van der Waals surface area contributed by atoms with E-state index in [1.54, 1.807) is 9.21 Å². The molecule has 6 aromatic carbocycles. The molecular formula is C44H46N3O8P3. The zero-order valence-corrected chi connectivity index (χ0v) is 34.5. The van der Waals surface area contributed by atoms with Gasteiger partial charge in [0.2, 0.25) is 0 Å². The summed E-state index contributed by atoms with van der Waals surface area (Å²) in [6, 6.07) is 53.2. The highest BCUT2D eigenvalue weighted by Gasteiger charge is 2.58. The van der Waals surface area contributed by atoms with Crippen LogP contribution < -0.4 is 27.8 Å². The zero-order chi connectivity index (χ0) is 39.8. The topological polar surface area (TPSA) is 115 Å². The maximum Gasteiger partial charge on any atom is 0.447 e. The molecular weight excluding hydrogens is 791 g/mol. The Bertz CT molecular complexity index is 2130. The monoisotopic (exact) mass is 837 g/mol. The maximum absolute atomic E-state index is 9.65. The van der Waals surface area contributed by atoms with Crippen LogP contribution in [0.4, 0.5) is 0 Å². The molecule has 0 aromatic heterocycles. The minimum atomic E-state index is -3.95. The van der Waals surface area contributed by atoms with Crippen molar-refractivity contribution in [3.8, 4) is 34.5 Å². The minimum absolute atomic E-state index is 0.0870. The van der Waals surface area contributed by atoms with E-state index in [0.29, 0.717) is 60.2 Å². The molecule has 7 rings (SSSR count). The largest absolute Gasteiger partial charge is 0.447 e. The van der Waals surface area contributed by atoms with Gasteiger partial charge in [-0.3, -0.25) is 0 Å². The minimum Gasteiger partial charge on any atom is -0.440 e. The molecule has 0 fully saturated rings. The lowest BCUT2D eigenvalue weighted by Crippen LogP contribution is -2.37. The van der Waals surface area contributed by atoms with Gasteiger partial charge in [-0.25, -0.2) is 0 Å². The normalized spacial score (nSPS) is 16.4. The van der Waals surface area contributed by atoms with Crippen LogP contribution in [-0.4, -0.2) is 32.6 Å². The molecule has 300 valence electrons. The summed E-state index contributed by atoms with van der Waals surface area (Å²) >= 11 is 0. The van der Waals surface area contributed by atoms with Crippen molar-refractivity contribution in [1.29, 1.82) is 0 Å². The lowest BCUT2D eigenvalue weighted by molar-refractivity contribution is 0.0545. The molecule has 0 aliphatic carbocycles. The molecule has 2 atom stereocenters. The second-order valence-corrected chi connectivity index (χ2v) is 18.5. The lowest BCUT2D eigenvalue weighted by Gasteiger charge is -2.44. The number of benzene rings is 6. The first-order chi connectivity index (χ1) is 28.6. The van der Waals surface area contributed by atoms with Gasteiger partial charge in [-0.1, -0.05) is 109 Å². The molecule has 2 unspecified atom stereocenters. The zero-order valence-electron chi connectivity index (χ0n) is 31.8. The van der Waals surface area contributed by atoms with Crippen molar-refractivity contribution in [3.05, 3.63) is 181 Å². The van der Waals surface area contributed by atoms with Crippen LogP contribution in [0.1, 0.15) is 36.8 Å². The van der Waals surface area contributed by atoms with E-state index < -0.39 is 24.6 Å². The first kappa shape index (κ1) is 41.2. The van der Waals surface area contributed by atoms with Crippen LogP contribution in [0.2, 0.25) is 0 Å². The molecule has 11 nitrogen and oxygen atoms in total. The fourth-order valence-electron chi connectivity index (χ4n) is 5.81. The van der Waals surface area contributed by atoms with Crippen LogP contribution in [-0.2, 0) is 12.8 Å². The second-order valence-electron chi connectivity index (χ2n) is 13.0. The van der Waals surface area contributed by atoms with Gasteiger partial charge in [0.25, 0.3) is 0 Å². The smallest absolute Gasteiger partial charge is 0.440 e. The fourth-order valence-corrected chi connectivity index (χ4v) is 13.4. The van der Waals surface area contributed by atoms with Crippen LogP contribution in [0.15, 0.2) is 174 Å². The highest BCUT2D eigenvalue weighted by molar-refractivity contribution is 7.78. The Kier molecular flexibility index (Phi) is 15.0. The summed E-state index contributed by atoms with van der Waals surface area (Å²) in [6.45, 7) is 0.174. The third-order valence-electron chi connectivity index (χ3n) is 8.65. The number of hydrogen-bond donors (Lipinski definition) is 2. The van der Waals surface area contributed by atoms with Gasteiger partial charge >= 0.3 is 24.6 Å². The number of para-hydroxylation sites is 6. The third-order valence-corrected chi connectivity index (χ3v) is 15.5. The van der Waals surface area contributed by atoms with Crippen molar-refractivity contribution >= 4 is 24.6 Å². The van der Waals surface area contributed by atoms with Gasteiger partial charge in [0, 0.05) is 22.4 Å². The van der Waals surface area contributed by atoms with E-state index in [-0.39, 0.29) is 13.2 Å². The van der Waals surface area contributed by atoms with Gasteiger partial charge < -0.3 is 38.0 Å². The first-order valence-electron chi connectivity index (χ1n) is 19.2. The van der Waals surface area contributed by atoms with E-state index in [1.807, 2.05) is 170 Å². The van der Waals surface area contributed by atoms with Gasteiger partial charge in [0.15, 0.2) is 0 Å². The molecule has 0 amide bonds. The number of aliphatic hydroxyl groups is 2. The SMILES string of the molecule is OCCCCc1ccccc1OP1(Oc2ccccc2CCCCO)=NP(Oc2ccccc2)N(Oc2ccccc2)P(Oc2ccccc2)N1Oc1ccccc1. The Labute approximate surface area is 342 Å². The third kappa shape index (κ3) is 11.0. The molecule has 1 aliphatic heterocycles. The summed E-state index contributed by atoms with van der Waals surface area (Å²) in [5.41, 5.74) is 1.82. The molecule has 0 saturated carbocycles. The number of aliphatic hydroxyl groups excluding tert-OH is 2. The van der Waals surface area contributed by atoms with E-state index in [1.165, 1.54) is 0 Å². The summed E-state index contributed by atoms with van der Waals surface area (Å²) in [6.07, 6.45) is 4.04. The Morgan fingerprint density at radius 3 is 1.36 bits per heavy atom. The van der Waals surface area contributed by atoms with Crippen molar-refractivity contribution in [2.75, 3.05) is 13.2 Å². The Morgan fingerprint density at radius 1 is 0.466 bits per heavy atom. The predicted molar refractivity (Wildman–Crippen MR) is 229 cm³/mol. The Balaban J connectivity index is 1.48. The summed E-state index contributed by atoms with van der Waals surface area (Å²) < 4.78 is 37.2. The van der Waals surface area contributed by atoms with Gasteiger partial charge in [-0.05, 0) is 110 Å². The quantitative estimate of drug-likeness (QED) is 0.0569. The molecule has 1 heterocycles. The van der Waals surface area contributed by atoms with Gasteiger partial charge in [0.1, 0.15) is 34.5 Å². The highest BCUT2D eigenvalue weighted by atomic mass is 31.3. The van der Waals surface area contributed by atoms with E-state index in [4.69, 9.17) is 32.3 Å². The summed E-state index contributed by atoms with van der Waals surface area (Å²) in [7, 11) is -8.31. The van der Waals surface area contributed by atoms with E-state index in [9.17, 15) is 10.2 Å². The molecule has 58 heavy (non-hydrogen) atoms. The number of unbranched alkanes of at least 4 members (excludes halogenated alkanes) is 2. The summed E-state index contributed by atoms with van der Waals surface area (Å²) in [5.74, 6) is 3.19. The molecule has 14 heteroatoms. The standard InChI is InChI=1S/C44H46N3O8P3/c48-35-19-17-23-37-21-13-15-33-43(37)54-58(55-44-34-16-14-22-38(44)24-18-20-36-49)45-56(52-41-29-9-3-10-30-41)46(50-39-25-5-1-6-26-39)57(53-42-31-11-4-12-32-42)47(58)51-40-27-7-2-8-28-40/h1-16,21-22,25-34,48-49H,17-20,23-24,35-36H2. The van der Waals surface area contributed by atoms with Crippen LogP contribution in [0.5, 0.6) is 34.5 Å². The molecule has 0 spiro atoms. The molecule has 1 aliphatic rings. The van der Waals surface area contributed by atoms with Crippen LogP contribution in [0, 0.1) is 0 Å². The average Bonchev–Trinajstić information content (AvgIpc) is 3.26. The summed E-state index contributed by atoms with van der Waals surface area (Å²) in [5, 5.41) is 19.3. The van der Waals surface area contributed by atoms with Crippen molar-refractivity contribution in [1.82, 2.24) is 9.21 Å². The molecule has 0 bridgehead atoms. The van der Waals surface area contributed by atoms with E-state index >= 15 is 0 Å². The Hall–Kier alpha value is -4.95. The number of hydrogen-bond acceptors (Lipinski definition) is 11. The Morgan fingerprint density at radius 2 is 0.879 bits per heavy atom. The average molecular weight is 838 g/mol. The molecule has 6 aromatic rings. The number of nitrogens with zero attached hydrogens (tertiary/aromatic N) is 3. The van der Waals surface area contributed by atoms with Crippen LogP contribution >= 0.6 is 24.6 Å². The van der Waals surface area contributed by atoms with E-state index in [2.05, 4.69) is 0 Å². The summed E-state index contributed by atoms with van der Waals surface area (Å²) in [4.78, 5) is 13.7. The van der Waals surface area contributed by atoms with Gasteiger partial charge in [0.05, 0.1) is 0 Å². The number of rotatable bonds is 20. The van der Waals surface area contributed by atoms with E-state index in [0.717, 1.165) is 24.0 Å². The van der Waals surface area contributed by atoms with Crippen molar-refractivity contribution in [2.24, 2.45) is 4.52 Å². The molecule has 0 radical (unpaired) electrons. The maximum atomic E-state index is 9.65. The van der Waals surface area contributed by atoms with Crippen molar-refractivity contribution in [3.63, 3.8) is 0 Å². The van der Waals surface area contributed by atoms with Crippen LogP contribution in [0.3, 0.4) is 0 Å². The van der Waals surface area contributed by atoms with Gasteiger partial charge in [-0.15, -0.1) is 4.52 Å². The molecule has 2 N–H and O–H groups in total. The second kappa shape index (κ2) is 21.2. The molecule has 0 saturated heterocycles. The van der Waals surface area contributed by atoms with Gasteiger partial charge in [-0.2, -0.15) is 0 Å².